The normalized spacial score (nSPS) is 17.3. The molecule has 0 fully saturated rings. The molecule has 25 heavy (non-hydrogen) atoms. The number of rotatable bonds is 4. The zero-order valence-corrected chi connectivity index (χ0v) is 15.7. The summed E-state index contributed by atoms with van der Waals surface area (Å²) in [5.41, 5.74) is 3.13. The van der Waals surface area contributed by atoms with Gasteiger partial charge in [-0.15, -0.1) is 0 Å². The lowest BCUT2D eigenvalue weighted by molar-refractivity contribution is -0.136. The minimum absolute atomic E-state index is 0.319. The van der Waals surface area contributed by atoms with Crippen molar-refractivity contribution in [3.8, 4) is 5.75 Å². The van der Waals surface area contributed by atoms with Gasteiger partial charge in [0.2, 0.25) is 0 Å². The minimum Gasteiger partial charge on any atom is -0.497 e. The first-order chi connectivity index (χ1) is 12.1. The third-order valence-corrected chi connectivity index (χ3v) is 5.10. The van der Waals surface area contributed by atoms with Crippen molar-refractivity contribution in [2.75, 3.05) is 19.1 Å². The van der Waals surface area contributed by atoms with Crippen molar-refractivity contribution < 1.29 is 14.3 Å². The number of hydrogen-bond acceptors (Lipinski definition) is 5. The molecule has 1 atom stereocenters. The summed E-state index contributed by atoms with van der Waals surface area (Å²) in [6.45, 7) is 1.88. The molecule has 1 aliphatic rings. The zero-order valence-electron chi connectivity index (χ0n) is 14.1. The molecule has 0 saturated heterocycles. The smallest absolute Gasteiger partial charge is 0.337 e. The number of thiocarbonyl (C=S) groups is 1. The van der Waals surface area contributed by atoms with Crippen molar-refractivity contribution in [1.82, 2.24) is 5.32 Å². The van der Waals surface area contributed by atoms with Crippen LogP contribution in [0.3, 0.4) is 0 Å². The highest BCUT2D eigenvalue weighted by atomic mass is 32.1. The second kappa shape index (κ2) is 7.25. The first-order valence-electron chi connectivity index (χ1n) is 7.62. The summed E-state index contributed by atoms with van der Waals surface area (Å²) in [5.74, 6) is 0.382. The van der Waals surface area contributed by atoms with Gasteiger partial charge in [0.25, 0.3) is 0 Å². The van der Waals surface area contributed by atoms with Gasteiger partial charge in [-0.05, 0) is 65.8 Å². The molecule has 7 heteroatoms. The Labute approximate surface area is 155 Å². The fourth-order valence-electron chi connectivity index (χ4n) is 2.85. The van der Waals surface area contributed by atoms with Crippen LogP contribution in [0.1, 0.15) is 18.5 Å². The second-order valence-electron chi connectivity index (χ2n) is 5.46. The highest BCUT2D eigenvalue weighted by Crippen LogP contribution is 2.35. The van der Waals surface area contributed by atoms with Crippen molar-refractivity contribution in [2.45, 2.75) is 13.0 Å². The molecule has 0 radical (unpaired) electrons. The van der Waals surface area contributed by atoms with Crippen LogP contribution in [-0.4, -0.2) is 25.3 Å². The molecular weight excluding hydrogens is 356 g/mol. The van der Waals surface area contributed by atoms with E-state index in [1.807, 2.05) is 52.9 Å². The average molecular weight is 374 g/mol. The number of carbonyl (C=O) groups is 1. The number of hydrogen-bond donors (Lipinski definition) is 1. The van der Waals surface area contributed by atoms with Gasteiger partial charge in [-0.2, -0.15) is 11.3 Å². The van der Waals surface area contributed by atoms with Crippen molar-refractivity contribution in [1.29, 1.82) is 0 Å². The van der Waals surface area contributed by atoms with E-state index in [-0.39, 0.29) is 12.0 Å². The predicted molar refractivity (Wildman–Crippen MR) is 103 cm³/mol. The number of ether oxygens (including phenoxy) is 2. The molecule has 3 rings (SSSR count). The molecule has 5 nitrogen and oxygen atoms in total. The van der Waals surface area contributed by atoms with Gasteiger partial charge in [0.1, 0.15) is 5.75 Å². The van der Waals surface area contributed by atoms with E-state index in [9.17, 15) is 4.79 Å². The van der Waals surface area contributed by atoms with Crippen LogP contribution < -0.4 is 15.0 Å². The Kier molecular flexibility index (Phi) is 5.06. The number of nitrogens with zero attached hydrogens (tertiary/aromatic N) is 1. The van der Waals surface area contributed by atoms with E-state index in [4.69, 9.17) is 21.7 Å². The Morgan fingerprint density at radius 1 is 1.24 bits per heavy atom. The Morgan fingerprint density at radius 3 is 2.52 bits per heavy atom. The minimum atomic E-state index is -0.373. The maximum atomic E-state index is 12.5. The molecule has 0 saturated carbocycles. The summed E-state index contributed by atoms with van der Waals surface area (Å²) in [6, 6.07) is 9.17. The number of esters is 1. The van der Waals surface area contributed by atoms with Gasteiger partial charge in [0, 0.05) is 11.4 Å². The molecule has 0 bridgehead atoms. The van der Waals surface area contributed by atoms with Crippen LogP contribution in [0.4, 0.5) is 5.69 Å². The molecular formula is C18H18N2O3S2. The zero-order chi connectivity index (χ0) is 18.0. The lowest BCUT2D eigenvalue weighted by Gasteiger charge is -2.37. The van der Waals surface area contributed by atoms with Crippen molar-refractivity contribution >= 4 is 40.3 Å². The molecule has 0 spiro atoms. The van der Waals surface area contributed by atoms with E-state index in [1.54, 1.807) is 18.4 Å². The molecule has 0 amide bonds. The van der Waals surface area contributed by atoms with Gasteiger partial charge in [-0.3, -0.25) is 4.90 Å². The Bertz CT molecular complexity index is 813. The standard InChI is InChI=1S/C18H18N2O3S2/c1-11-15(17(21)23-3)16(12-8-9-25-10-12)19-18(24)20(11)13-4-6-14(22-2)7-5-13/h4-10,16H,1-3H3,(H,19,24)/t16-/m0/s1. The van der Waals surface area contributed by atoms with Gasteiger partial charge in [-0.1, -0.05) is 0 Å². The molecule has 1 aliphatic heterocycles. The topological polar surface area (TPSA) is 50.8 Å². The largest absolute Gasteiger partial charge is 0.497 e. The van der Waals surface area contributed by atoms with E-state index >= 15 is 0 Å². The van der Waals surface area contributed by atoms with Gasteiger partial charge in [0.05, 0.1) is 25.8 Å². The lowest BCUT2D eigenvalue weighted by Crippen LogP contribution is -2.48. The number of methoxy groups -OCH3 is 2. The van der Waals surface area contributed by atoms with Gasteiger partial charge in [-0.25, -0.2) is 4.79 Å². The second-order valence-corrected chi connectivity index (χ2v) is 6.63. The summed E-state index contributed by atoms with van der Waals surface area (Å²) in [7, 11) is 3.01. The number of carbonyl (C=O) groups excluding carboxylic acids is 1. The third-order valence-electron chi connectivity index (χ3n) is 4.10. The molecule has 2 heterocycles. The summed E-state index contributed by atoms with van der Waals surface area (Å²) >= 11 is 7.15. The highest BCUT2D eigenvalue weighted by molar-refractivity contribution is 7.80. The van der Waals surface area contributed by atoms with E-state index in [1.165, 1.54) is 7.11 Å². The molecule has 2 aromatic rings. The first kappa shape index (κ1) is 17.4. The Morgan fingerprint density at radius 2 is 1.96 bits per heavy atom. The van der Waals surface area contributed by atoms with Crippen LogP contribution in [0.25, 0.3) is 0 Å². The van der Waals surface area contributed by atoms with E-state index < -0.39 is 0 Å². The Balaban J connectivity index is 2.08. The number of benzene rings is 1. The van der Waals surface area contributed by atoms with Crippen LogP contribution in [-0.2, 0) is 9.53 Å². The van der Waals surface area contributed by atoms with Crippen LogP contribution in [0.15, 0.2) is 52.4 Å². The lowest BCUT2D eigenvalue weighted by atomic mass is 9.97. The third kappa shape index (κ3) is 3.25. The fraction of sp³-hybridized carbons (Fsp3) is 0.222. The number of thiophene rings is 1. The monoisotopic (exact) mass is 374 g/mol. The summed E-state index contributed by atoms with van der Waals surface area (Å²) in [4.78, 5) is 14.3. The summed E-state index contributed by atoms with van der Waals surface area (Å²) in [5, 5.41) is 7.77. The Hall–Kier alpha value is -2.38. The molecule has 0 unspecified atom stereocenters. The maximum Gasteiger partial charge on any atom is 0.337 e. The number of allylic oxidation sites excluding steroid dienone is 1. The van der Waals surface area contributed by atoms with Crippen molar-refractivity contribution in [3.63, 3.8) is 0 Å². The first-order valence-corrected chi connectivity index (χ1v) is 8.97. The van der Waals surface area contributed by atoms with Gasteiger partial charge < -0.3 is 14.8 Å². The highest BCUT2D eigenvalue weighted by Gasteiger charge is 2.35. The molecule has 1 aromatic heterocycles. The van der Waals surface area contributed by atoms with E-state index in [0.717, 1.165) is 22.7 Å². The van der Waals surface area contributed by atoms with Crippen molar-refractivity contribution in [2.24, 2.45) is 0 Å². The number of nitrogens with one attached hydrogen (secondary N) is 1. The average Bonchev–Trinajstić information content (AvgIpc) is 3.16. The number of anilines is 1. The predicted octanol–water partition coefficient (Wildman–Crippen LogP) is 3.64. The van der Waals surface area contributed by atoms with Crippen LogP contribution >= 0.6 is 23.6 Å². The fourth-order valence-corrected chi connectivity index (χ4v) is 3.90. The quantitative estimate of drug-likeness (QED) is 0.651. The van der Waals surface area contributed by atoms with E-state index in [0.29, 0.717) is 10.7 Å². The summed E-state index contributed by atoms with van der Waals surface area (Å²) in [6.07, 6.45) is 0. The van der Waals surface area contributed by atoms with E-state index in [2.05, 4.69) is 5.32 Å². The van der Waals surface area contributed by atoms with Crippen molar-refractivity contribution in [3.05, 3.63) is 57.9 Å². The molecule has 1 N–H and O–H groups in total. The molecule has 130 valence electrons. The van der Waals surface area contributed by atoms with Gasteiger partial charge >= 0.3 is 5.97 Å². The molecule has 1 aromatic carbocycles. The van der Waals surface area contributed by atoms with Crippen LogP contribution in [0, 0.1) is 0 Å². The van der Waals surface area contributed by atoms with Crippen LogP contribution in [0.5, 0.6) is 5.75 Å². The van der Waals surface area contributed by atoms with Crippen LogP contribution in [0.2, 0.25) is 0 Å². The molecule has 0 aliphatic carbocycles. The maximum absolute atomic E-state index is 12.5. The summed E-state index contributed by atoms with van der Waals surface area (Å²) < 4.78 is 10.2. The SMILES string of the molecule is COC(=O)C1=C(C)N(c2ccc(OC)cc2)C(=S)N[C@H]1c1ccsc1. The van der Waals surface area contributed by atoms with Gasteiger partial charge in [0.15, 0.2) is 5.11 Å².